The van der Waals surface area contributed by atoms with E-state index in [9.17, 15) is 0 Å². The topological polar surface area (TPSA) is 15.3 Å². The van der Waals surface area contributed by atoms with Gasteiger partial charge in [-0.3, -0.25) is 0 Å². The predicted molar refractivity (Wildman–Crippen MR) is 67.1 cm³/mol. The Hall–Kier alpha value is -0.340. The summed E-state index contributed by atoms with van der Waals surface area (Å²) in [7, 11) is 0. The van der Waals surface area contributed by atoms with Crippen LogP contribution in [0.2, 0.25) is 0 Å². The van der Waals surface area contributed by atoms with Gasteiger partial charge in [0.15, 0.2) is 0 Å². The Bertz CT molecular complexity index is 201. The zero-order valence-corrected chi connectivity index (χ0v) is 10.6. The van der Waals surface area contributed by atoms with Crippen molar-refractivity contribution >= 4 is 0 Å². The Labute approximate surface area is 94.7 Å². The van der Waals surface area contributed by atoms with E-state index in [-0.39, 0.29) is 0 Å². The van der Waals surface area contributed by atoms with Crippen LogP contribution in [0.25, 0.3) is 0 Å². The van der Waals surface area contributed by atoms with Crippen LogP contribution in [-0.4, -0.2) is 37.1 Å². The molecule has 1 fully saturated rings. The highest BCUT2D eigenvalue weighted by Crippen LogP contribution is 2.19. The summed E-state index contributed by atoms with van der Waals surface area (Å²) in [5.74, 6) is 0.818. The van der Waals surface area contributed by atoms with Crippen LogP contribution >= 0.6 is 0 Å². The molecular weight excluding hydrogens is 184 g/mol. The van der Waals surface area contributed by atoms with E-state index < -0.39 is 0 Å². The van der Waals surface area contributed by atoms with Crippen LogP contribution in [0, 0.1) is 5.92 Å². The summed E-state index contributed by atoms with van der Waals surface area (Å²) < 4.78 is 0. The van der Waals surface area contributed by atoms with Crippen molar-refractivity contribution in [3.63, 3.8) is 0 Å². The molecule has 15 heavy (non-hydrogen) atoms. The average molecular weight is 210 g/mol. The molecule has 0 aromatic carbocycles. The highest BCUT2D eigenvalue weighted by Gasteiger charge is 2.23. The molecule has 1 heterocycles. The Morgan fingerprint density at radius 1 is 1.60 bits per heavy atom. The molecular formula is C13H26N2. The van der Waals surface area contributed by atoms with Crippen LogP contribution in [-0.2, 0) is 0 Å². The van der Waals surface area contributed by atoms with Crippen molar-refractivity contribution in [3.8, 4) is 0 Å². The molecule has 1 N–H and O–H groups in total. The van der Waals surface area contributed by atoms with Crippen molar-refractivity contribution in [1.82, 2.24) is 10.2 Å². The largest absolute Gasteiger partial charge is 0.310 e. The molecule has 0 aromatic rings. The third-order valence-electron chi connectivity index (χ3n) is 3.42. The van der Waals surface area contributed by atoms with Crippen LogP contribution in [0.1, 0.15) is 33.6 Å². The summed E-state index contributed by atoms with van der Waals surface area (Å²) in [4.78, 5) is 2.56. The van der Waals surface area contributed by atoms with Gasteiger partial charge in [-0.25, -0.2) is 0 Å². The van der Waals surface area contributed by atoms with Crippen LogP contribution < -0.4 is 5.32 Å². The first-order chi connectivity index (χ1) is 7.13. The molecule has 2 heteroatoms. The molecule has 0 radical (unpaired) electrons. The highest BCUT2D eigenvalue weighted by molar-refractivity contribution is 4.92. The third-order valence-corrected chi connectivity index (χ3v) is 3.42. The molecule has 0 aromatic heterocycles. The van der Waals surface area contributed by atoms with E-state index in [0.29, 0.717) is 6.04 Å². The van der Waals surface area contributed by atoms with Crippen LogP contribution in [0.5, 0.6) is 0 Å². The molecule has 1 rings (SSSR count). The van der Waals surface area contributed by atoms with Crippen molar-refractivity contribution < 1.29 is 0 Å². The second-order valence-corrected chi connectivity index (χ2v) is 4.92. The Morgan fingerprint density at radius 2 is 2.33 bits per heavy atom. The second kappa shape index (κ2) is 6.29. The number of hydrogen-bond acceptors (Lipinski definition) is 2. The van der Waals surface area contributed by atoms with Gasteiger partial charge in [-0.2, -0.15) is 0 Å². The van der Waals surface area contributed by atoms with Crippen LogP contribution in [0.4, 0.5) is 0 Å². The number of nitrogens with one attached hydrogen (secondary N) is 1. The predicted octanol–water partition coefficient (Wildman–Crippen LogP) is 2.27. The molecule has 0 amide bonds. The van der Waals surface area contributed by atoms with Crippen molar-refractivity contribution in [1.29, 1.82) is 0 Å². The van der Waals surface area contributed by atoms with Crippen LogP contribution in [0.15, 0.2) is 12.2 Å². The monoisotopic (exact) mass is 210 g/mol. The highest BCUT2D eigenvalue weighted by atomic mass is 15.1. The minimum atomic E-state index is 0.621. The minimum absolute atomic E-state index is 0.621. The van der Waals surface area contributed by atoms with Gasteiger partial charge in [0.25, 0.3) is 0 Å². The molecule has 1 aliphatic rings. The summed E-state index contributed by atoms with van der Waals surface area (Å²) in [5, 5.41) is 3.57. The zero-order chi connectivity index (χ0) is 11.3. The number of rotatable bonds is 5. The molecule has 0 saturated carbocycles. The van der Waals surface area contributed by atoms with Gasteiger partial charge in [0.2, 0.25) is 0 Å². The lowest BCUT2D eigenvalue weighted by atomic mass is 9.91. The van der Waals surface area contributed by atoms with Gasteiger partial charge < -0.3 is 10.2 Å². The van der Waals surface area contributed by atoms with Gasteiger partial charge >= 0.3 is 0 Å². The molecule has 2 atom stereocenters. The van der Waals surface area contributed by atoms with Gasteiger partial charge in [0.05, 0.1) is 0 Å². The van der Waals surface area contributed by atoms with Crippen molar-refractivity contribution in [2.45, 2.75) is 39.7 Å². The van der Waals surface area contributed by atoms with Gasteiger partial charge in [-0.15, -0.1) is 0 Å². The fourth-order valence-corrected chi connectivity index (χ4v) is 2.29. The summed E-state index contributed by atoms with van der Waals surface area (Å²) in [5.41, 5.74) is 1.23. The summed E-state index contributed by atoms with van der Waals surface area (Å²) >= 11 is 0. The Kier molecular flexibility index (Phi) is 5.34. The molecule has 88 valence electrons. The van der Waals surface area contributed by atoms with Crippen molar-refractivity contribution in [2.75, 3.05) is 26.2 Å². The van der Waals surface area contributed by atoms with E-state index in [1.807, 2.05) is 0 Å². The maximum absolute atomic E-state index is 3.93. The second-order valence-electron chi connectivity index (χ2n) is 4.92. The molecule has 1 saturated heterocycles. The molecule has 2 unspecified atom stereocenters. The first-order valence-electron chi connectivity index (χ1n) is 6.23. The fraction of sp³-hybridized carbons (Fsp3) is 0.846. The van der Waals surface area contributed by atoms with Crippen molar-refractivity contribution in [3.05, 3.63) is 12.2 Å². The summed E-state index contributed by atoms with van der Waals surface area (Å²) in [6, 6.07) is 0.621. The number of nitrogens with zero attached hydrogens (tertiary/aromatic N) is 1. The lowest BCUT2D eigenvalue weighted by Gasteiger charge is -2.35. The molecule has 1 aliphatic heterocycles. The summed E-state index contributed by atoms with van der Waals surface area (Å²) in [6.45, 7) is 15.3. The Balaban J connectivity index is 2.31. The average Bonchev–Trinajstić information content (AvgIpc) is 2.26. The van der Waals surface area contributed by atoms with E-state index in [1.54, 1.807) is 0 Å². The van der Waals surface area contributed by atoms with Crippen molar-refractivity contribution in [2.24, 2.45) is 5.92 Å². The molecule has 0 aliphatic carbocycles. The first-order valence-corrected chi connectivity index (χ1v) is 6.23. The standard InChI is InChI=1S/C13H26N2/c1-5-15-8-6-7-13(10-15)12(4)14-9-11(2)3/h12-14H,2,5-10H2,1,3-4H3. The normalized spacial score (nSPS) is 25.1. The lowest BCUT2D eigenvalue weighted by Crippen LogP contribution is -2.44. The number of likely N-dealkylation sites (tertiary alicyclic amines) is 1. The van der Waals surface area contributed by atoms with Gasteiger partial charge in [0.1, 0.15) is 0 Å². The van der Waals surface area contributed by atoms with Gasteiger partial charge in [-0.1, -0.05) is 19.1 Å². The molecule has 0 spiro atoms. The van der Waals surface area contributed by atoms with E-state index in [2.05, 4.69) is 37.6 Å². The smallest absolute Gasteiger partial charge is 0.0161 e. The van der Waals surface area contributed by atoms with E-state index in [0.717, 1.165) is 12.5 Å². The zero-order valence-electron chi connectivity index (χ0n) is 10.6. The molecule has 2 nitrogen and oxygen atoms in total. The number of piperidine rings is 1. The number of hydrogen-bond donors (Lipinski definition) is 1. The maximum Gasteiger partial charge on any atom is 0.0161 e. The quantitative estimate of drug-likeness (QED) is 0.700. The minimum Gasteiger partial charge on any atom is -0.310 e. The Morgan fingerprint density at radius 3 is 2.93 bits per heavy atom. The van der Waals surface area contributed by atoms with Gasteiger partial charge in [-0.05, 0) is 45.7 Å². The van der Waals surface area contributed by atoms with Crippen LogP contribution in [0.3, 0.4) is 0 Å². The lowest BCUT2D eigenvalue weighted by molar-refractivity contribution is 0.158. The first kappa shape index (κ1) is 12.7. The fourth-order valence-electron chi connectivity index (χ4n) is 2.29. The SMILES string of the molecule is C=C(C)CNC(C)C1CCCN(CC)C1. The van der Waals surface area contributed by atoms with E-state index in [1.165, 1.54) is 38.0 Å². The van der Waals surface area contributed by atoms with Gasteiger partial charge in [0, 0.05) is 19.1 Å². The van der Waals surface area contributed by atoms with E-state index in [4.69, 9.17) is 0 Å². The summed E-state index contributed by atoms with van der Waals surface area (Å²) in [6.07, 6.45) is 2.73. The van der Waals surface area contributed by atoms with E-state index >= 15 is 0 Å². The maximum atomic E-state index is 3.93. The molecule has 0 bridgehead atoms. The third kappa shape index (κ3) is 4.35.